The van der Waals surface area contributed by atoms with Crippen molar-refractivity contribution < 1.29 is 4.79 Å². The van der Waals surface area contributed by atoms with Crippen molar-refractivity contribution in [1.29, 1.82) is 0 Å². The fraction of sp³-hybridized carbons (Fsp3) is 0.296. The van der Waals surface area contributed by atoms with Gasteiger partial charge < -0.3 is 5.73 Å². The normalized spacial score (nSPS) is 23.2. The second kappa shape index (κ2) is 7.59. The molecule has 0 spiro atoms. The summed E-state index contributed by atoms with van der Waals surface area (Å²) in [7, 11) is 1.68. The van der Waals surface area contributed by atoms with E-state index in [-0.39, 0.29) is 11.9 Å². The molecule has 2 N–H and O–H groups in total. The Morgan fingerprint density at radius 2 is 1.69 bits per heavy atom. The number of aliphatic imine (C=N–C) groups is 1. The van der Waals surface area contributed by atoms with Crippen molar-refractivity contribution in [3.63, 3.8) is 0 Å². The molecule has 2 heterocycles. The van der Waals surface area contributed by atoms with Crippen molar-refractivity contribution in [1.82, 2.24) is 9.88 Å². The summed E-state index contributed by atoms with van der Waals surface area (Å²) in [5.74, 6) is 0.308. The SMILES string of the molecule is Cc1cccc(-c2ccnc([C@@]3(C)N=C(N)N(C)C(=O)[C@@H]3c3ccc(C4CC4)cc3)c2)c1. The lowest BCUT2D eigenvalue weighted by molar-refractivity contribution is -0.130. The number of carbonyl (C=O) groups is 1. The van der Waals surface area contributed by atoms with Crippen LogP contribution in [0.2, 0.25) is 0 Å². The van der Waals surface area contributed by atoms with E-state index in [9.17, 15) is 4.79 Å². The molecular formula is C27H28N4O. The van der Waals surface area contributed by atoms with Gasteiger partial charge in [-0.05, 0) is 67.0 Å². The molecule has 1 aliphatic carbocycles. The average molecular weight is 425 g/mol. The molecule has 32 heavy (non-hydrogen) atoms. The van der Waals surface area contributed by atoms with E-state index in [4.69, 9.17) is 10.7 Å². The summed E-state index contributed by atoms with van der Waals surface area (Å²) in [6, 6.07) is 20.8. The Hall–Kier alpha value is -3.47. The Labute approximate surface area is 189 Å². The van der Waals surface area contributed by atoms with Gasteiger partial charge in [0.15, 0.2) is 5.96 Å². The van der Waals surface area contributed by atoms with Crippen molar-refractivity contribution in [2.75, 3.05) is 7.05 Å². The minimum absolute atomic E-state index is 0.0677. The van der Waals surface area contributed by atoms with E-state index in [2.05, 4.69) is 54.4 Å². The van der Waals surface area contributed by atoms with Crippen LogP contribution >= 0.6 is 0 Å². The topological polar surface area (TPSA) is 71.6 Å². The molecule has 2 aliphatic rings. The molecule has 0 bridgehead atoms. The van der Waals surface area contributed by atoms with E-state index >= 15 is 0 Å². The summed E-state index contributed by atoms with van der Waals surface area (Å²) >= 11 is 0. The van der Waals surface area contributed by atoms with Crippen molar-refractivity contribution in [2.24, 2.45) is 10.7 Å². The van der Waals surface area contributed by atoms with Crippen LogP contribution in [0, 0.1) is 6.92 Å². The van der Waals surface area contributed by atoms with Crippen LogP contribution in [0.1, 0.15) is 54.0 Å². The zero-order valence-electron chi connectivity index (χ0n) is 18.7. The Kier molecular flexibility index (Phi) is 4.85. The van der Waals surface area contributed by atoms with Gasteiger partial charge in [-0.1, -0.05) is 54.1 Å². The number of nitrogens with two attached hydrogens (primary N) is 1. The maximum atomic E-state index is 13.5. The number of guanidine groups is 1. The average Bonchev–Trinajstić information content (AvgIpc) is 3.64. The second-order valence-electron chi connectivity index (χ2n) is 9.19. The zero-order chi connectivity index (χ0) is 22.5. The van der Waals surface area contributed by atoms with E-state index in [1.54, 1.807) is 13.2 Å². The molecule has 1 amide bonds. The van der Waals surface area contributed by atoms with Gasteiger partial charge in [0, 0.05) is 13.2 Å². The van der Waals surface area contributed by atoms with Crippen LogP contribution < -0.4 is 5.73 Å². The molecular weight excluding hydrogens is 396 g/mol. The van der Waals surface area contributed by atoms with Crippen molar-refractivity contribution in [3.05, 3.63) is 89.2 Å². The number of benzene rings is 2. The number of aromatic nitrogens is 1. The molecule has 3 aromatic rings. The molecule has 0 radical (unpaired) electrons. The molecule has 0 saturated heterocycles. The number of likely N-dealkylation sites (N-methyl/N-ethyl adjacent to an activating group) is 1. The summed E-state index contributed by atoms with van der Waals surface area (Å²) in [5.41, 5.74) is 11.6. The Morgan fingerprint density at radius 3 is 2.38 bits per heavy atom. The van der Waals surface area contributed by atoms with Gasteiger partial charge in [0.25, 0.3) is 0 Å². The highest BCUT2D eigenvalue weighted by molar-refractivity contribution is 6.02. The van der Waals surface area contributed by atoms with E-state index in [1.807, 2.05) is 25.1 Å². The number of amides is 1. The maximum absolute atomic E-state index is 13.5. The van der Waals surface area contributed by atoms with Gasteiger partial charge in [0.1, 0.15) is 5.54 Å². The summed E-state index contributed by atoms with van der Waals surface area (Å²) in [6.07, 6.45) is 4.29. The predicted octanol–water partition coefficient (Wildman–Crippen LogP) is 4.72. The third-order valence-corrected chi connectivity index (χ3v) is 6.78. The number of aryl methyl sites for hydroxylation is 1. The smallest absolute Gasteiger partial charge is 0.239 e. The molecule has 5 nitrogen and oxygen atoms in total. The molecule has 2 aromatic carbocycles. The van der Waals surface area contributed by atoms with Crippen LogP contribution in [0.3, 0.4) is 0 Å². The van der Waals surface area contributed by atoms with Gasteiger partial charge in [0.2, 0.25) is 5.91 Å². The van der Waals surface area contributed by atoms with Gasteiger partial charge >= 0.3 is 0 Å². The first-order valence-electron chi connectivity index (χ1n) is 11.1. The largest absolute Gasteiger partial charge is 0.369 e. The first kappa shape index (κ1) is 20.4. The molecule has 1 aliphatic heterocycles. The quantitative estimate of drug-likeness (QED) is 0.659. The zero-order valence-corrected chi connectivity index (χ0v) is 18.7. The van der Waals surface area contributed by atoms with Crippen molar-refractivity contribution in [3.8, 4) is 11.1 Å². The summed E-state index contributed by atoms with van der Waals surface area (Å²) < 4.78 is 0. The lowest BCUT2D eigenvalue weighted by atomic mass is 9.76. The molecule has 1 saturated carbocycles. The van der Waals surface area contributed by atoms with Crippen LogP contribution in [-0.4, -0.2) is 28.8 Å². The first-order valence-corrected chi connectivity index (χ1v) is 11.1. The monoisotopic (exact) mass is 424 g/mol. The molecule has 2 atom stereocenters. The third kappa shape index (κ3) is 3.48. The van der Waals surface area contributed by atoms with Gasteiger partial charge in [0.05, 0.1) is 11.6 Å². The van der Waals surface area contributed by atoms with Gasteiger partial charge in [-0.25, -0.2) is 4.99 Å². The van der Waals surface area contributed by atoms with Crippen molar-refractivity contribution >= 4 is 11.9 Å². The first-order chi connectivity index (χ1) is 15.4. The molecule has 162 valence electrons. The highest BCUT2D eigenvalue weighted by Crippen LogP contribution is 2.45. The number of hydrogen-bond acceptors (Lipinski definition) is 4. The van der Waals surface area contributed by atoms with Crippen molar-refractivity contribution in [2.45, 2.75) is 44.1 Å². The van der Waals surface area contributed by atoms with Crippen LogP contribution in [-0.2, 0) is 10.3 Å². The van der Waals surface area contributed by atoms with Gasteiger partial charge in [-0.3, -0.25) is 14.7 Å². The number of carbonyl (C=O) groups excluding carboxylic acids is 1. The molecule has 5 rings (SSSR count). The number of hydrogen-bond donors (Lipinski definition) is 1. The van der Waals surface area contributed by atoms with Gasteiger partial charge in [-0.15, -0.1) is 0 Å². The number of pyridine rings is 1. The second-order valence-corrected chi connectivity index (χ2v) is 9.19. The minimum Gasteiger partial charge on any atom is -0.369 e. The van der Waals surface area contributed by atoms with Crippen LogP contribution in [0.25, 0.3) is 11.1 Å². The number of rotatable bonds is 4. The molecule has 0 unspecified atom stereocenters. The Morgan fingerprint density at radius 1 is 1.00 bits per heavy atom. The summed E-state index contributed by atoms with van der Waals surface area (Å²) in [6.45, 7) is 4.04. The van der Waals surface area contributed by atoms with E-state index in [1.165, 1.54) is 28.9 Å². The molecule has 1 fully saturated rings. The number of nitrogens with zero attached hydrogens (tertiary/aromatic N) is 3. The summed E-state index contributed by atoms with van der Waals surface area (Å²) in [5, 5.41) is 0. The predicted molar refractivity (Wildman–Crippen MR) is 127 cm³/mol. The van der Waals surface area contributed by atoms with Crippen LogP contribution in [0.15, 0.2) is 71.9 Å². The fourth-order valence-corrected chi connectivity index (χ4v) is 4.69. The molecule has 5 heteroatoms. The van der Waals surface area contributed by atoms with Gasteiger partial charge in [-0.2, -0.15) is 0 Å². The Bertz CT molecular complexity index is 1210. The highest BCUT2D eigenvalue weighted by atomic mass is 16.2. The van der Waals surface area contributed by atoms with Crippen LogP contribution in [0.5, 0.6) is 0 Å². The lowest BCUT2D eigenvalue weighted by Gasteiger charge is -2.40. The Balaban J connectivity index is 1.62. The molecule has 1 aromatic heterocycles. The minimum atomic E-state index is -0.908. The maximum Gasteiger partial charge on any atom is 0.239 e. The van der Waals surface area contributed by atoms with Crippen LogP contribution in [0.4, 0.5) is 0 Å². The van der Waals surface area contributed by atoms with E-state index in [0.29, 0.717) is 5.92 Å². The third-order valence-electron chi connectivity index (χ3n) is 6.78. The van der Waals surface area contributed by atoms with E-state index in [0.717, 1.165) is 22.4 Å². The lowest BCUT2D eigenvalue weighted by Crippen LogP contribution is -2.52. The standard InChI is InChI=1S/C27H28N4O/c1-17-5-4-6-21(15-17)22-13-14-29-23(16-22)27(2)24(25(32)31(3)26(28)30-27)20-11-9-19(10-12-20)18-7-8-18/h4-6,9-16,18,24H,7-8H2,1-3H3,(H2,28,30)/t24-,27+/m0/s1. The fourth-order valence-electron chi connectivity index (χ4n) is 4.69. The highest BCUT2D eigenvalue weighted by Gasteiger charge is 2.48. The summed E-state index contributed by atoms with van der Waals surface area (Å²) in [4.78, 5) is 24.5. The van der Waals surface area contributed by atoms with E-state index < -0.39 is 11.5 Å².